The number of hydrogen-bond donors (Lipinski definition) is 1. The molecule has 1 N–H and O–H groups in total. The van der Waals surface area contributed by atoms with Crippen LogP contribution in [0.25, 0.3) is 6.08 Å². The minimum Gasteiger partial charge on any atom is -0.493 e. The molecule has 4 saturated carbocycles. The van der Waals surface area contributed by atoms with E-state index in [1.54, 1.807) is 37.4 Å². The number of benzene rings is 1. The maximum absolute atomic E-state index is 12.8. The summed E-state index contributed by atoms with van der Waals surface area (Å²) >= 11 is 1.51. The molecule has 4 bridgehead atoms. The lowest BCUT2D eigenvalue weighted by Crippen LogP contribution is -2.49. The molecule has 0 radical (unpaired) electrons. The molecule has 7 nitrogen and oxygen atoms in total. The Morgan fingerprint density at radius 2 is 1.75 bits per heavy atom. The van der Waals surface area contributed by atoms with Gasteiger partial charge in [-0.2, -0.15) is 15.1 Å². The summed E-state index contributed by atoms with van der Waals surface area (Å²) in [6, 6.07) is 5.40. The van der Waals surface area contributed by atoms with Crippen molar-refractivity contribution in [2.75, 3.05) is 14.2 Å². The molecule has 1 aromatic carbocycles. The van der Waals surface area contributed by atoms with E-state index in [0.29, 0.717) is 16.7 Å². The molecule has 0 saturated heterocycles. The maximum Gasteiger partial charge on any atom is 0.283 e. The standard InChI is InChI=1S/C24H26N4O3S/c1-30-18-4-3-13(9-19(18)31-2)8-17-20(25)28-23(26-21(17)29)32-22(27-28)24-10-14-5-15(11-24)7-16(6-14)12-24/h3-4,8-9,14-16,25H,5-7,10-12H2,1-2H3/b17-8+,25-20?. The first-order chi connectivity index (χ1) is 15.5. The number of carbonyl (C=O) groups is 1. The lowest BCUT2D eigenvalue weighted by molar-refractivity contribution is -0.114. The van der Waals surface area contributed by atoms with Gasteiger partial charge in [0.2, 0.25) is 5.17 Å². The molecule has 166 valence electrons. The van der Waals surface area contributed by atoms with Crippen molar-refractivity contribution in [3.05, 3.63) is 29.3 Å². The number of amides is 1. The largest absolute Gasteiger partial charge is 0.493 e. The number of rotatable bonds is 4. The molecule has 1 aromatic rings. The van der Waals surface area contributed by atoms with E-state index in [1.165, 1.54) is 50.3 Å². The van der Waals surface area contributed by atoms with Gasteiger partial charge in [-0.25, -0.2) is 0 Å². The second-order valence-corrected chi connectivity index (χ2v) is 10.7. The fraction of sp³-hybridized carbons (Fsp3) is 0.500. The van der Waals surface area contributed by atoms with Gasteiger partial charge in [-0.15, -0.1) is 0 Å². The summed E-state index contributed by atoms with van der Waals surface area (Å²) < 4.78 is 10.7. The summed E-state index contributed by atoms with van der Waals surface area (Å²) in [4.78, 5) is 17.2. The summed E-state index contributed by atoms with van der Waals surface area (Å²) in [6.45, 7) is 0. The summed E-state index contributed by atoms with van der Waals surface area (Å²) in [6.07, 6.45) is 9.37. The Labute approximate surface area is 191 Å². The monoisotopic (exact) mass is 450 g/mol. The summed E-state index contributed by atoms with van der Waals surface area (Å²) in [5.74, 6) is 3.30. The van der Waals surface area contributed by atoms with Gasteiger partial charge in [0.25, 0.3) is 5.91 Å². The van der Waals surface area contributed by atoms with Crippen molar-refractivity contribution in [1.82, 2.24) is 5.01 Å². The zero-order chi connectivity index (χ0) is 22.0. The van der Waals surface area contributed by atoms with Crippen molar-refractivity contribution in [3.8, 4) is 11.5 Å². The Kier molecular flexibility index (Phi) is 4.51. The Balaban J connectivity index is 1.31. The first kappa shape index (κ1) is 20.0. The highest BCUT2D eigenvalue weighted by Gasteiger charge is 2.55. The van der Waals surface area contributed by atoms with Crippen LogP contribution in [0.4, 0.5) is 0 Å². The van der Waals surface area contributed by atoms with Crippen LogP contribution >= 0.6 is 11.8 Å². The highest BCUT2D eigenvalue weighted by Crippen LogP contribution is 2.62. The van der Waals surface area contributed by atoms with Gasteiger partial charge in [0.1, 0.15) is 5.04 Å². The molecule has 0 spiro atoms. The van der Waals surface area contributed by atoms with E-state index >= 15 is 0 Å². The van der Waals surface area contributed by atoms with Crippen LogP contribution in [0.1, 0.15) is 44.1 Å². The van der Waals surface area contributed by atoms with Crippen LogP contribution in [0.3, 0.4) is 0 Å². The minimum absolute atomic E-state index is 0.0852. The predicted molar refractivity (Wildman–Crippen MR) is 125 cm³/mol. The molecule has 1 amide bonds. The molecule has 7 rings (SSSR count). The Hall–Kier alpha value is -2.61. The topological polar surface area (TPSA) is 87.3 Å². The highest BCUT2D eigenvalue weighted by atomic mass is 32.2. The van der Waals surface area contributed by atoms with Crippen LogP contribution in [0.2, 0.25) is 0 Å². The third-order valence-electron chi connectivity index (χ3n) is 7.67. The van der Waals surface area contributed by atoms with Crippen LogP contribution in [0.5, 0.6) is 11.5 Å². The summed E-state index contributed by atoms with van der Waals surface area (Å²) in [5.41, 5.74) is 1.10. The first-order valence-electron chi connectivity index (χ1n) is 11.2. The van der Waals surface area contributed by atoms with Crippen molar-refractivity contribution in [2.45, 2.75) is 38.5 Å². The predicted octanol–water partition coefficient (Wildman–Crippen LogP) is 4.54. The van der Waals surface area contributed by atoms with E-state index in [0.717, 1.165) is 28.4 Å². The van der Waals surface area contributed by atoms with Crippen LogP contribution < -0.4 is 9.47 Å². The van der Waals surface area contributed by atoms with Crippen molar-refractivity contribution in [2.24, 2.45) is 33.3 Å². The quantitative estimate of drug-likeness (QED) is 0.681. The van der Waals surface area contributed by atoms with Gasteiger partial charge < -0.3 is 9.47 Å². The molecular formula is C24H26N4O3S. The van der Waals surface area contributed by atoms with E-state index in [4.69, 9.17) is 20.0 Å². The number of carbonyl (C=O) groups excluding carboxylic acids is 1. The number of amidine groups is 2. The molecular weight excluding hydrogens is 424 g/mol. The SMILES string of the molecule is COc1ccc(/C=C2\C(=N)N3N=C(C45CC6CC(CC(C6)C4)C5)SC3=NC2=O)cc1OC. The van der Waals surface area contributed by atoms with Gasteiger partial charge in [0, 0.05) is 5.41 Å². The van der Waals surface area contributed by atoms with Gasteiger partial charge >= 0.3 is 0 Å². The lowest BCUT2D eigenvalue weighted by atomic mass is 9.50. The molecule has 6 aliphatic rings. The molecule has 4 aliphatic carbocycles. The molecule has 8 heteroatoms. The third kappa shape index (κ3) is 3.03. The molecule has 2 heterocycles. The number of methoxy groups -OCH3 is 2. The molecule has 0 unspecified atom stereocenters. The maximum atomic E-state index is 12.8. The van der Waals surface area contributed by atoms with Crippen LogP contribution in [-0.2, 0) is 4.79 Å². The molecule has 32 heavy (non-hydrogen) atoms. The van der Waals surface area contributed by atoms with Crippen molar-refractivity contribution < 1.29 is 14.3 Å². The van der Waals surface area contributed by atoms with Crippen LogP contribution in [-0.4, -0.2) is 41.2 Å². The van der Waals surface area contributed by atoms with E-state index < -0.39 is 5.91 Å². The molecule has 2 aliphatic heterocycles. The number of nitrogens with zero attached hydrogens (tertiary/aromatic N) is 3. The Bertz CT molecular complexity index is 1090. The number of fused-ring (bicyclic) bond motifs is 1. The summed E-state index contributed by atoms with van der Waals surface area (Å²) in [5, 5.41) is 16.8. The Morgan fingerprint density at radius 3 is 2.38 bits per heavy atom. The molecule has 0 aromatic heterocycles. The first-order valence-corrected chi connectivity index (χ1v) is 12.0. The number of ether oxygens (including phenoxy) is 2. The third-order valence-corrected chi connectivity index (χ3v) is 8.82. The number of thioether (sulfide) groups is 1. The van der Waals surface area contributed by atoms with E-state index in [-0.39, 0.29) is 16.8 Å². The lowest BCUT2D eigenvalue weighted by Gasteiger charge is -2.56. The second kappa shape index (κ2) is 7.20. The number of aliphatic imine (C=N–C) groups is 1. The molecule has 0 atom stereocenters. The number of hydrogen-bond acceptors (Lipinski definition) is 6. The van der Waals surface area contributed by atoms with Gasteiger partial charge in [-0.05, 0) is 91.8 Å². The highest BCUT2D eigenvalue weighted by molar-refractivity contribution is 8.27. The molecule has 4 fully saturated rings. The van der Waals surface area contributed by atoms with Gasteiger partial charge in [0.05, 0.1) is 19.8 Å². The number of nitrogens with one attached hydrogen (secondary N) is 1. The van der Waals surface area contributed by atoms with E-state index in [2.05, 4.69) is 4.99 Å². The minimum atomic E-state index is -0.398. The number of hydrazone groups is 1. The zero-order valence-electron chi connectivity index (χ0n) is 18.3. The van der Waals surface area contributed by atoms with E-state index in [1.807, 2.05) is 6.07 Å². The second-order valence-electron chi connectivity index (χ2n) is 9.74. The average molecular weight is 451 g/mol. The normalized spacial score (nSPS) is 34.0. The van der Waals surface area contributed by atoms with Crippen molar-refractivity contribution in [3.63, 3.8) is 0 Å². The fourth-order valence-electron chi connectivity index (χ4n) is 6.69. The van der Waals surface area contributed by atoms with Gasteiger partial charge in [0.15, 0.2) is 17.3 Å². The summed E-state index contributed by atoms with van der Waals surface area (Å²) in [7, 11) is 3.15. The van der Waals surface area contributed by atoms with Crippen molar-refractivity contribution in [1.29, 1.82) is 5.41 Å². The zero-order valence-corrected chi connectivity index (χ0v) is 19.1. The fourth-order valence-corrected chi connectivity index (χ4v) is 7.80. The van der Waals surface area contributed by atoms with Crippen molar-refractivity contribution >= 4 is 39.8 Å². The smallest absolute Gasteiger partial charge is 0.283 e. The van der Waals surface area contributed by atoms with Crippen LogP contribution in [0, 0.1) is 28.6 Å². The van der Waals surface area contributed by atoms with Crippen LogP contribution in [0.15, 0.2) is 33.9 Å². The Morgan fingerprint density at radius 1 is 1.09 bits per heavy atom. The van der Waals surface area contributed by atoms with E-state index in [9.17, 15) is 4.79 Å². The average Bonchev–Trinajstić information content (AvgIpc) is 3.20. The van der Waals surface area contributed by atoms with Gasteiger partial charge in [-0.1, -0.05) is 6.07 Å². The van der Waals surface area contributed by atoms with Gasteiger partial charge in [-0.3, -0.25) is 10.2 Å².